The van der Waals surface area contributed by atoms with Crippen molar-refractivity contribution in [2.24, 2.45) is 0 Å². The summed E-state index contributed by atoms with van der Waals surface area (Å²) >= 11 is 0. The third kappa shape index (κ3) is 2.86. The van der Waals surface area contributed by atoms with Crippen molar-refractivity contribution in [3.05, 3.63) is 23.8 Å². The first kappa shape index (κ1) is 15.8. The van der Waals surface area contributed by atoms with Gasteiger partial charge in [0.15, 0.2) is 11.5 Å². The predicted molar refractivity (Wildman–Crippen MR) is 91.3 cm³/mol. The van der Waals surface area contributed by atoms with E-state index in [0.29, 0.717) is 25.3 Å². The van der Waals surface area contributed by atoms with Crippen LogP contribution < -0.4 is 9.47 Å². The molecule has 3 aliphatic heterocycles. The largest absolute Gasteiger partial charge is 0.486 e. The molecule has 1 aromatic rings. The molecule has 5 heteroatoms. The molecule has 4 rings (SSSR count). The molecule has 0 unspecified atom stereocenters. The Morgan fingerprint density at radius 3 is 2.79 bits per heavy atom. The summed E-state index contributed by atoms with van der Waals surface area (Å²) in [6.45, 7) is 5.84. The van der Waals surface area contributed by atoms with Crippen molar-refractivity contribution < 1.29 is 14.3 Å². The third-order valence-electron chi connectivity index (χ3n) is 5.58. The van der Waals surface area contributed by atoms with E-state index in [1.165, 1.54) is 18.4 Å². The van der Waals surface area contributed by atoms with Crippen LogP contribution in [0.3, 0.4) is 0 Å². The van der Waals surface area contributed by atoms with E-state index in [1.54, 1.807) is 6.92 Å². The quantitative estimate of drug-likeness (QED) is 0.854. The van der Waals surface area contributed by atoms with Crippen LogP contribution in [0.1, 0.15) is 38.2 Å². The van der Waals surface area contributed by atoms with Gasteiger partial charge < -0.3 is 14.4 Å². The van der Waals surface area contributed by atoms with E-state index in [-0.39, 0.29) is 5.91 Å². The molecule has 0 aromatic heterocycles. The lowest BCUT2D eigenvalue weighted by Gasteiger charge is -2.35. The summed E-state index contributed by atoms with van der Waals surface area (Å²) in [5.41, 5.74) is 1.20. The van der Waals surface area contributed by atoms with E-state index in [1.807, 2.05) is 12.1 Å². The van der Waals surface area contributed by atoms with Gasteiger partial charge in [0.25, 0.3) is 0 Å². The molecular formula is C19H26N2O3. The van der Waals surface area contributed by atoms with E-state index in [0.717, 1.165) is 44.0 Å². The summed E-state index contributed by atoms with van der Waals surface area (Å²) in [5.74, 6) is 1.99. The standard InChI is InChI=1S/C19H26N2O3/c1-14(22)21-10-4-7-17(21)16-6-3-9-20(16)13-15-5-2-8-18-19(15)24-12-11-23-18/h2,5,8,16-17H,3-4,6-7,9-13H2,1H3/t16-,17-/m0/s1. The van der Waals surface area contributed by atoms with E-state index < -0.39 is 0 Å². The fraction of sp³-hybridized carbons (Fsp3) is 0.632. The number of amides is 1. The molecule has 3 aliphatic rings. The number of nitrogens with zero attached hydrogens (tertiary/aromatic N) is 2. The van der Waals surface area contributed by atoms with Crippen molar-refractivity contribution in [1.82, 2.24) is 9.80 Å². The summed E-state index contributed by atoms with van der Waals surface area (Å²) in [6.07, 6.45) is 4.65. The first-order valence-corrected chi connectivity index (χ1v) is 9.13. The van der Waals surface area contributed by atoms with Gasteiger partial charge in [-0.3, -0.25) is 9.69 Å². The van der Waals surface area contributed by atoms with Crippen LogP contribution in [0.5, 0.6) is 11.5 Å². The van der Waals surface area contributed by atoms with Crippen molar-refractivity contribution in [1.29, 1.82) is 0 Å². The highest BCUT2D eigenvalue weighted by Gasteiger charge is 2.39. The minimum atomic E-state index is 0.221. The molecule has 0 bridgehead atoms. The van der Waals surface area contributed by atoms with E-state index >= 15 is 0 Å². The molecule has 0 spiro atoms. The van der Waals surface area contributed by atoms with Crippen LogP contribution in [0.4, 0.5) is 0 Å². The Morgan fingerprint density at radius 2 is 1.92 bits per heavy atom. The van der Waals surface area contributed by atoms with Crippen molar-refractivity contribution in [3.8, 4) is 11.5 Å². The van der Waals surface area contributed by atoms with Gasteiger partial charge in [-0.2, -0.15) is 0 Å². The van der Waals surface area contributed by atoms with Crippen LogP contribution >= 0.6 is 0 Å². The molecule has 5 nitrogen and oxygen atoms in total. The molecule has 2 atom stereocenters. The predicted octanol–water partition coefficient (Wildman–Crippen LogP) is 2.43. The minimum Gasteiger partial charge on any atom is -0.486 e. The Kier molecular flexibility index (Phi) is 4.35. The number of carbonyl (C=O) groups is 1. The average molecular weight is 330 g/mol. The molecule has 1 amide bonds. The van der Waals surface area contributed by atoms with Crippen molar-refractivity contribution in [3.63, 3.8) is 0 Å². The van der Waals surface area contributed by atoms with Crippen molar-refractivity contribution >= 4 is 5.91 Å². The molecule has 3 heterocycles. The lowest BCUT2D eigenvalue weighted by molar-refractivity contribution is -0.130. The fourth-order valence-electron chi connectivity index (χ4n) is 4.54. The summed E-state index contributed by atoms with van der Waals surface area (Å²) in [7, 11) is 0. The number of likely N-dealkylation sites (tertiary alicyclic amines) is 2. The number of rotatable bonds is 3. The van der Waals surface area contributed by atoms with Crippen LogP contribution in [0, 0.1) is 0 Å². The average Bonchev–Trinajstić information content (AvgIpc) is 3.23. The Hall–Kier alpha value is -1.75. The summed E-state index contributed by atoms with van der Waals surface area (Å²) in [6, 6.07) is 7.01. The number of hydrogen-bond donors (Lipinski definition) is 0. The van der Waals surface area contributed by atoms with Crippen LogP contribution in [-0.2, 0) is 11.3 Å². The maximum atomic E-state index is 11.9. The summed E-state index contributed by atoms with van der Waals surface area (Å²) in [4.78, 5) is 16.6. The Balaban J connectivity index is 1.53. The van der Waals surface area contributed by atoms with Crippen LogP contribution in [0.25, 0.3) is 0 Å². The first-order valence-electron chi connectivity index (χ1n) is 9.13. The Morgan fingerprint density at radius 1 is 1.12 bits per heavy atom. The van der Waals surface area contributed by atoms with Crippen molar-refractivity contribution in [2.75, 3.05) is 26.3 Å². The van der Waals surface area contributed by atoms with E-state index in [2.05, 4.69) is 15.9 Å². The van der Waals surface area contributed by atoms with Gasteiger partial charge >= 0.3 is 0 Å². The molecule has 0 N–H and O–H groups in total. The second-order valence-corrected chi connectivity index (χ2v) is 7.04. The van der Waals surface area contributed by atoms with Gasteiger partial charge in [-0.05, 0) is 38.3 Å². The zero-order chi connectivity index (χ0) is 16.5. The van der Waals surface area contributed by atoms with Crippen molar-refractivity contribution in [2.45, 2.75) is 51.2 Å². The van der Waals surface area contributed by atoms with Gasteiger partial charge in [-0.25, -0.2) is 0 Å². The topological polar surface area (TPSA) is 42.0 Å². The Bertz CT molecular complexity index is 619. The maximum Gasteiger partial charge on any atom is 0.219 e. The molecule has 0 saturated carbocycles. The summed E-state index contributed by atoms with van der Waals surface area (Å²) < 4.78 is 11.6. The number of fused-ring (bicyclic) bond motifs is 1. The monoisotopic (exact) mass is 330 g/mol. The minimum absolute atomic E-state index is 0.221. The molecule has 24 heavy (non-hydrogen) atoms. The number of ether oxygens (including phenoxy) is 2. The number of benzene rings is 1. The molecule has 1 aromatic carbocycles. The maximum absolute atomic E-state index is 11.9. The molecular weight excluding hydrogens is 304 g/mol. The normalized spacial score (nSPS) is 26.8. The summed E-state index contributed by atoms with van der Waals surface area (Å²) in [5, 5.41) is 0. The second kappa shape index (κ2) is 6.63. The molecule has 0 radical (unpaired) electrons. The SMILES string of the molecule is CC(=O)N1CCC[C@H]1[C@@H]1CCCN1Cc1cccc2c1OCCO2. The number of carbonyl (C=O) groups excluding carboxylic acids is 1. The zero-order valence-electron chi connectivity index (χ0n) is 14.4. The van der Waals surface area contributed by atoms with Crippen LogP contribution in [-0.4, -0.2) is 54.1 Å². The molecule has 2 saturated heterocycles. The lowest BCUT2D eigenvalue weighted by atomic mass is 10.0. The van der Waals surface area contributed by atoms with Gasteiger partial charge in [0.2, 0.25) is 5.91 Å². The highest BCUT2D eigenvalue weighted by molar-refractivity contribution is 5.74. The molecule has 0 aliphatic carbocycles. The lowest BCUT2D eigenvalue weighted by Crippen LogP contribution is -2.47. The third-order valence-corrected chi connectivity index (χ3v) is 5.58. The highest BCUT2D eigenvalue weighted by Crippen LogP contribution is 2.37. The Labute approximate surface area is 143 Å². The smallest absolute Gasteiger partial charge is 0.219 e. The van der Waals surface area contributed by atoms with Gasteiger partial charge in [0, 0.05) is 37.7 Å². The first-order chi connectivity index (χ1) is 11.7. The number of para-hydroxylation sites is 1. The van der Waals surface area contributed by atoms with E-state index in [9.17, 15) is 4.79 Å². The highest BCUT2D eigenvalue weighted by atomic mass is 16.6. The molecule has 130 valence electrons. The number of hydrogen-bond acceptors (Lipinski definition) is 4. The van der Waals surface area contributed by atoms with Crippen LogP contribution in [0.15, 0.2) is 18.2 Å². The second-order valence-electron chi connectivity index (χ2n) is 7.04. The van der Waals surface area contributed by atoms with E-state index in [4.69, 9.17) is 9.47 Å². The van der Waals surface area contributed by atoms with Gasteiger partial charge in [-0.15, -0.1) is 0 Å². The molecule has 2 fully saturated rings. The van der Waals surface area contributed by atoms with Crippen LogP contribution in [0.2, 0.25) is 0 Å². The zero-order valence-corrected chi connectivity index (χ0v) is 14.4. The van der Waals surface area contributed by atoms with Gasteiger partial charge in [0.1, 0.15) is 13.2 Å². The fourth-order valence-corrected chi connectivity index (χ4v) is 4.54. The van der Waals surface area contributed by atoms with Gasteiger partial charge in [-0.1, -0.05) is 12.1 Å². The van der Waals surface area contributed by atoms with Gasteiger partial charge in [0.05, 0.1) is 0 Å².